The van der Waals surface area contributed by atoms with E-state index in [0.717, 1.165) is 0 Å². The second-order valence-electron chi connectivity index (χ2n) is 7.59. The number of nitrogens with zero attached hydrogens (tertiary/aromatic N) is 1. The van der Waals surface area contributed by atoms with Gasteiger partial charge in [0.2, 0.25) is 17.7 Å². The Morgan fingerprint density at radius 3 is 1.05 bits per heavy atom. The number of carbonyl (C=O) groups is 3. The van der Waals surface area contributed by atoms with E-state index in [2.05, 4.69) is 30.5 Å². The zero-order valence-corrected chi connectivity index (χ0v) is 21.6. The lowest BCUT2D eigenvalue weighted by Crippen LogP contribution is -2.43. The van der Waals surface area contributed by atoms with Crippen molar-refractivity contribution in [2.24, 2.45) is 17.7 Å². The second-order valence-corrected chi connectivity index (χ2v) is 7.59. The van der Waals surface area contributed by atoms with Gasteiger partial charge in [-0.15, -0.1) is 0 Å². The summed E-state index contributed by atoms with van der Waals surface area (Å²) in [5.41, 5.74) is 0. The van der Waals surface area contributed by atoms with Gasteiger partial charge in [-0.3, -0.25) is 19.3 Å². The zero-order valence-electron chi connectivity index (χ0n) is 21.6. The Balaban J connectivity index is 4.29. The summed E-state index contributed by atoms with van der Waals surface area (Å²) in [4.78, 5) is 51.1. The van der Waals surface area contributed by atoms with Crippen LogP contribution in [0.1, 0.15) is 19.3 Å². The first kappa shape index (κ1) is 35.0. The maximum atomic E-state index is 12.0. The molecule has 0 saturated heterocycles. The number of amides is 3. The van der Waals surface area contributed by atoms with Gasteiger partial charge in [-0.1, -0.05) is 0 Å². The van der Waals surface area contributed by atoms with Crippen LogP contribution >= 0.6 is 0 Å². The third-order valence-electron chi connectivity index (χ3n) is 4.71. The summed E-state index contributed by atoms with van der Waals surface area (Å²) in [5.74, 6) is 14.3. The van der Waals surface area contributed by atoms with Gasteiger partial charge >= 0.3 is 0 Å². The van der Waals surface area contributed by atoms with Crippen molar-refractivity contribution in [2.75, 3.05) is 98.7 Å². The molecule has 0 aliphatic heterocycles. The maximum Gasteiger partial charge on any atom is 0.222 e. The Morgan fingerprint density at radius 1 is 0.486 bits per heavy atom. The van der Waals surface area contributed by atoms with Crippen molar-refractivity contribution in [3.05, 3.63) is 0 Å². The number of ether oxygens (including phenoxy) is 3. The van der Waals surface area contributed by atoms with Crippen LogP contribution in [0.3, 0.4) is 0 Å². The van der Waals surface area contributed by atoms with Gasteiger partial charge in [-0.25, -0.2) is 17.7 Å². The predicted molar refractivity (Wildman–Crippen MR) is 132 cm³/mol. The quantitative estimate of drug-likeness (QED) is 0.0441. The standard InChI is InChI=1S/C21H45N7O9/c22-35-16-13-32-10-1-19(29)25-4-7-28(8-5-26-20(30)2-11-33-14-17-36-23)9-6-27-21(31)3-12-34-15-18-37-24/h1-18,22-24H2,(H,25,29)(H,26,30)(H,27,31). The third kappa shape index (κ3) is 25.4. The first-order valence-electron chi connectivity index (χ1n) is 12.2. The lowest BCUT2D eigenvalue weighted by molar-refractivity contribution is -0.123. The van der Waals surface area contributed by atoms with Crippen molar-refractivity contribution in [1.82, 2.24) is 20.9 Å². The molecule has 0 heterocycles. The van der Waals surface area contributed by atoms with E-state index in [0.29, 0.717) is 59.1 Å². The number of hydrogen-bond acceptors (Lipinski definition) is 13. The Kier molecular flexibility index (Phi) is 25.6. The number of rotatable bonds is 27. The molecule has 0 aliphatic carbocycles. The van der Waals surface area contributed by atoms with E-state index in [-0.39, 0.29) is 76.6 Å². The lowest BCUT2D eigenvalue weighted by atomic mass is 10.3. The third-order valence-corrected chi connectivity index (χ3v) is 4.71. The van der Waals surface area contributed by atoms with E-state index in [1.807, 2.05) is 4.90 Å². The number of nitrogens with one attached hydrogen (secondary N) is 3. The van der Waals surface area contributed by atoms with Crippen LogP contribution in [-0.2, 0) is 43.1 Å². The van der Waals surface area contributed by atoms with Crippen LogP contribution in [0.15, 0.2) is 0 Å². The van der Waals surface area contributed by atoms with E-state index in [4.69, 9.17) is 31.9 Å². The van der Waals surface area contributed by atoms with E-state index in [9.17, 15) is 14.4 Å². The molecule has 0 rings (SSSR count). The molecule has 0 aromatic rings. The predicted octanol–water partition coefficient (Wildman–Crippen LogP) is -3.47. The SMILES string of the molecule is NOCCOCCC(=O)NCCN(CCNC(=O)CCOCCON)CCNC(=O)CCOCCON. The highest BCUT2D eigenvalue weighted by Gasteiger charge is 2.09. The summed E-state index contributed by atoms with van der Waals surface area (Å²) in [7, 11) is 0. The average Bonchev–Trinajstić information content (AvgIpc) is 2.88. The summed E-state index contributed by atoms with van der Waals surface area (Å²) < 4.78 is 15.7. The first-order chi connectivity index (χ1) is 18.0. The fourth-order valence-electron chi connectivity index (χ4n) is 2.78. The fraction of sp³-hybridized carbons (Fsp3) is 0.857. The van der Waals surface area contributed by atoms with Gasteiger partial charge in [0.15, 0.2) is 0 Å². The topological polar surface area (TPSA) is 224 Å². The molecule has 0 unspecified atom stereocenters. The van der Waals surface area contributed by atoms with Gasteiger partial charge in [0, 0.05) is 58.5 Å². The van der Waals surface area contributed by atoms with Crippen molar-refractivity contribution in [3.8, 4) is 0 Å². The molecule has 3 amide bonds. The molecule has 0 saturated carbocycles. The molecule has 0 bridgehead atoms. The van der Waals surface area contributed by atoms with E-state index < -0.39 is 0 Å². The summed E-state index contributed by atoms with van der Waals surface area (Å²) in [6, 6.07) is 0. The number of nitrogens with two attached hydrogens (primary N) is 3. The molecule has 0 fully saturated rings. The molecule has 16 heteroatoms. The second kappa shape index (κ2) is 27.1. The van der Waals surface area contributed by atoms with E-state index in [1.165, 1.54) is 0 Å². The average molecular weight is 540 g/mol. The van der Waals surface area contributed by atoms with Crippen LogP contribution in [0.2, 0.25) is 0 Å². The molecule has 0 atom stereocenters. The normalized spacial score (nSPS) is 11.0. The molecule has 37 heavy (non-hydrogen) atoms. The molecule has 0 aromatic carbocycles. The summed E-state index contributed by atoms with van der Waals surface area (Å²) in [6.07, 6.45) is 0.654. The van der Waals surface area contributed by atoms with Gasteiger partial charge in [-0.05, 0) is 0 Å². The first-order valence-corrected chi connectivity index (χ1v) is 12.2. The molecule has 0 aromatic heterocycles. The minimum atomic E-state index is -0.143. The molecule has 0 radical (unpaired) electrons. The van der Waals surface area contributed by atoms with Crippen LogP contribution in [0.5, 0.6) is 0 Å². The van der Waals surface area contributed by atoms with Crippen LogP contribution in [0.25, 0.3) is 0 Å². The number of carbonyl (C=O) groups excluding carboxylic acids is 3. The van der Waals surface area contributed by atoms with Crippen LogP contribution < -0.4 is 33.6 Å². The van der Waals surface area contributed by atoms with Gasteiger partial charge in [0.1, 0.15) is 0 Å². The largest absolute Gasteiger partial charge is 0.378 e. The summed E-state index contributed by atoms with van der Waals surface area (Å²) in [5, 5.41) is 8.49. The Hall–Kier alpha value is -1.99. The van der Waals surface area contributed by atoms with Crippen molar-refractivity contribution >= 4 is 17.7 Å². The van der Waals surface area contributed by atoms with E-state index in [1.54, 1.807) is 0 Å². The Bertz CT molecular complexity index is 500. The lowest BCUT2D eigenvalue weighted by Gasteiger charge is -2.23. The summed E-state index contributed by atoms with van der Waals surface area (Å²) >= 11 is 0. The zero-order chi connectivity index (χ0) is 27.4. The van der Waals surface area contributed by atoms with Gasteiger partial charge in [0.25, 0.3) is 0 Å². The minimum Gasteiger partial charge on any atom is -0.378 e. The van der Waals surface area contributed by atoms with Crippen molar-refractivity contribution in [1.29, 1.82) is 0 Å². The Morgan fingerprint density at radius 2 is 0.784 bits per heavy atom. The van der Waals surface area contributed by atoms with Gasteiger partial charge in [0.05, 0.1) is 59.5 Å². The van der Waals surface area contributed by atoms with Crippen LogP contribution in [0.4, 0.5) is 0 Å². The van der Waals surface area contributed by atoms with Crippen molar-refractivity contribution < 1.29 is 43.1 Å². The number of hydrogen-bond donors (Lipinski definition) is 6. The minimum absolute atomic E-state index is 0.143. The highest BCUT2D eigenvalue weighted by molar-refractivity contribution is 5.76. The molecule has 9 N–H and O–H groups in total. The molecule has 0 spiro atoms. The fourth-order valence-corrected chi connectivity index (χ4v) is 2.78. The van der Waals surface area contributed by atoms with Crippen LogP contribution in [-0.4, -0.2) is 121 Å². The van der Waals surface area contributed by atoms with Gasteiger partial charge in [-0.2, -0.15) is 0 Å². The monoisotopic (exact) mass is 539 g/mol. The highest BCUT2D eigenvalue weighted by atomic mass is 16.6. The Labute approximate surface area is 217 Å². The molecule has 16 nitrogen and oxygen atoms in total. The van der Waals surface area contributed by atoms with Gasteiger partial charge < -0.3 is 44.7 Å². The molecular weight excluding hydrogens is 494 g/mol. The van der Waals surface area contributed by atoms with Crippen LogP contribution in [0, 0.1) is 0 Å². The highest BCUT2D eigenvalue weighted by Crippen LogP contribution is 1.90. The van der Waals surface area contributed by atoms with E-state index >= 15 is 0 Å². The maximum absolute atomic E-state index is 12.0. The molecule has 0 aliphatic rings. The smallest absolute Gasteiger partial charge is 0.222 e. The summed E-state index contributed by atoms with van der Waals surface area (Å²) in [6.45, 7) is 5.34. The van der Waals surface area contributed by atoms with Crippen molar-refractivity contribution in [3.63, 3.8) is 0 Å². The van der Waals surface area contributed by atoms with Crippen molar-refractivity contribution in [2.45, 2.75) is 19.3 Å². The molecular formula is C21H45N7O9. The molecule has 218 valence electrons.